The molecule has 1 aliphatic rings. The summed E-state index contributed by atoms with van der Waals surface area (Å²) in [6.45, 7) is 5.91. The van der Waals surface area contributed by atoms with Crippen molar-refractivity contribution in [3.8, 4) is 0 Å². The Labute approximate surface area is 159 Å². The van der Waals surface area contributed by atoms with Gasteiger partial charge in [-0.2, -0.15) is 0 Å². The molecule has 1 saturated heterocycles. The van der Waals surface area contributed by atoms with E-state index in [-0.39, 0.29) is 12.0 Å². The Morgan fingerprint density at radius 1 is 1.27 bits per heavy atom. The molecular weight excluding hydrogens is 346 g/mol. The number of benzene rings is 1. The van der Waals surface area contributed by atoms with Crippen molar-refractivity contribution in [1.82, 2.24) is 9.88 Å². The van der Waals surface area contributed by atoms with Crippen LogP contribution in [0.5, 0.6) is 0 Å². The van der Waals surface area contributed by atoms with Crippen molar-refractivity contribution in [3.05, 3.63) is 47.5 Å². The highest BCUT2D eigenvalue weighted by molar-refractivity contribution is 7.13. The Morgan fingerprint density at radius 2 is 2.00 bits per heavy atom. The molecule has 1 aromatic heterocycles. The van der Waals surface area contributed by atoms with Gasteiger partial charge in [0.25, 0.3) is 0 Å². The number of hydrogen-bond acceptors (Lipinski definition) is 5. The molecule has 3 rings (SSSR count). The van der Waals surface area contributed by atoms with Crippen LogP contribution in [0.1, 0.15) is 24.8 Å². The fraction of sp³-hybridized carbons (Fsp3) is 0.474. The van der Waals surface area contributed by atoms with E-state index >= 15 is 0 Å². The summed E-state index contributed by atoms with van der Waals surface area (Å²) in [6.07, 6.45) is 2.16. The summed E-state index contributed by atoms with van der Waals surface area (Å²) in [5.74, 6) is 0.765. The number of anilines is 1. The summed E-state index contributed by atoms with van der Waals surface area (Å²) < 4.78 is 0. The zero-order valence-electron chi connectivity index (χ0n) is 15.2. The topological polar surface area (TPSA) is 78.0 Å². The monoisotopic (exact) mass is 373 g/mol. The number of aromatic nitrogens is 1. The molecule has 140 valence electrons. The number of piperazine rings is 1. The number of rotatable bonds is 6. The largest absolute Gasteiger partial charge is 0.393 e. The second-order valence-corrected chi connectivity index (χ2v) is 7.55. The second kappa shape index (κ2) is 9.00. The molecule has 6 nitrogen and oxygen atoms in total. The van der Waals surface area contributed by atoms with Crippen molar-refractivity contribution in [1.29, 1.82) is 0 Å². The lowest BCUT2D eigenvalue weighted by Gasteiger charge is -2.35. The number of aliphatic imine (C=N–C) groups is 1. The van der Waals surface area contributed by atoms with Crippen LogP contribution in [0.25, 0.3) is 0 Å². The number of hydrogen-bond donors (Lipinski definition) is 2. The van der Waals surface area contributed by atoms with Crippen LogP contribution < -0.4 is 10.6 Å². The predicted octanol–water partition coefficient (Wildman–Crippen LogP) is 2.13. The number of aliphatic hydroxyl groups excluding tert-OH is 1. The van der Waals surface area contributed by atoms with E-state index in [4.69, 9.17) is 5.73 Å². The van der Waals surface area contributed by atoms with Gasteiger partial charge in [0, 0.05) is 50.2 Å². The molecule has 2 unspecified atom stereocenters. The normalized spacial score (nSPS) is 18.0. The quantitative estimate of drug-likeness (QED) is 0.599. The molecule has 2 aromatic rings. The third kappa shape index (κ3) is 4.95. The second-order valence-electron chi connectivity index (χ2n) is 6.68. The first kappa shape index (κ1) is 18.7. The summed E-state index contributed by atoms with van der Waals surface area (Å²) >= 11 is 1.67. The third-order valence-electron chi connectivity index (χ3n) is 4.66. The van der Waals surface area contributed by atoms with Gasteiger partial charge in [0.1, 0.15) is 0 Å². The van der Waals surface area contributed by atoms with Gasteiger partial charge in [0.15, 0.2) is 11.1 Å². The van der Waals surface area contributed by atoms with Gasteiger partial charge in [-0.05, 0) is 18.9 Å². The average molecular weight is 374 g/mol. The number of guanidine groups is 1. The summed E-state index contributed by atoms with van der Waals surface area (Å²) in [5.41, 5.74) is 7.44. The van der Waals surface area contributed by atoms with Gasteiger partial charge in [0.05, 0.1) is 6.10 Å². The third-order valence-corrected chi connectivity index (χ3v) is 5.50. The minimum Gasteiger partial charge on any atom is -0.393 e. The van der Waals surface area contributed by atoms with Gasteiger partial charge >= 0.3 is 0 Å². The summed E-state index contributed by atoms with van der Waals surface area (Å²) in [5, 5.41) is 12.9. The molecule has 0 spiro atoms. The Balaban J connectivity index is 1.58. The van der Waals surface area contributed by atoms with Crippen LogP contribution in [0, 0.1) is 0 Å². The van der Waals surface area contributed by atoms with Crippen molar-refractivity contribution in [3.63, 3.8) is 0 Å². The van der Waals surface area contributed by atoms with E-state index in [1.807, 2.05) is 36.7 Å². The lowest BCUT2D eigenvalue weighted by Crippen LogP contribution is -2.51. The van der Waals surface area contributed by atoms with Crippen LogP contribution in [0.2, 0.25) is 0 Å². The highest BCUT2D eigenvalue weighted by atomic mass is 32.1. The van der Waals surface area contributed by atoms with Gasteiger partial charge < -0.3 is 20.6 Å². The van der Waals surface area contributed by atoms with Crippen molar-refractivity contribution in [2.75, 3.05) is 37.6 Å². The van der Waals surface area contributed by atoms with Gasteiger partial charge in [-0.15, -0.1) is 11.3 Å². The molecule has 2 atom stereocenters. The summed E-state index contributed by atoms with van der Waals surface area (Å²) in [7, 11) is 0. The zero-order chi connectivity index (χ0) is 18.4. The fourth-order valence-corrected chi connectivity index (χ4v) is 3.95. The molecule has 0 bridgehead atoms. The van der Waals surface area contributed by atoms with Gasteiger partial charge in [-0.25, -0.2) is 4.98 Å². The zero-order valence-corrected chi connectivity index (χ0v) is 16.0. The Kier molecular flexibility index (Phi) is 6.46. The van der Waals surface area contributed by atoms with Crippen LogP contribution in [-0.2, 0) is 0 Å². The van der Waals surface area contributed by atoms with E-state index < -0.39 is 0 Å². The van der Waals surface area contributed by atoms with Crippen LogP contribution in [-0.4, -0.2) is 59.8 Å². The molecule has 1 aromatic carbocycles. The lowest BCUT2D eigenvalue weighted by atomic mass is 9.93. The first-order chi connectivity index (χ1) is 12.6. The van der Waals surface area contributed by atoms with E-state index in [1.54, 1.807) is 11.3 Å². The van der Waals surface area contributed by atoms with Gasteiger partial charge in [-0.1, -0.05) is 30.3 Å². The molecule has 0 aliphatic carbocycles. The molecule has 7 heteroatoms. The van der Waals surface area contributed by atoms with E-state index in [2.05, 4.69) is 31.9 Å². The van der Waals surface area contributed by atoms with Crippen molar-refractivity contribution >= 4 is 22.4 Å². The molecule has 1 aliphatic heterocycles. The SMILES string of the molecule is CC(O)CC(CN=C(N)N1CCN(c2nccs2)CC1)c1ccccc1. The van der Waals surface area contributed by atoms with Crippen molar-refractivity contribution < 1.29 is 5.11 Å². The first-order valence-electron chi connectivity index (χ1n) is 9.06. The Bertz CT molecular complexity index is 681. The van der Waals surface area contributed by atoms with Gasteiger partial charge in [0.2, 0.25) is 0 Å². The molecule has 0 saturated carbocycles. The molecule has 0 radical (unpaired) electrons. The van der Waals surface area contributed by atoms with E-state index in [1.165, 1.54) is 5.56 Å². The van der Waals surface area contributed by atoms with E-state index in [0.717, 1.165) is 31.3 Å². The maximum atomic E-state index is 9.82. The molecule has 3 N–H and O–H groups in total. The first-order valence-corrected chi connectivity index (χ1v) is 9.93. The van der Waals surface area contributed by atoms with E-state index in [9.17, 15) is 5.11 Å². The predicted molar refractivity (Wildman–Crippen MR) is 108 cm³/mol. The lowest BCUT2D eigenvalue weighted by molar-refractivity contribution is 0.175. The number of nitrogens with two attached hydrogens (primary N) is 1. The molecular formula is C19H27N5OS. The number of nitrogens with zero attached hydrogens (tertiary/aromatic N) is 4. The Hall–Kier alpha value is -2.12. The van der Waals surface area contributed by atoms with E-state index in [0.29, 0.717) is 18.9 Å². The fourth-order valence-electron chi connectivity index (χ4n) is 3.26. The van der Waals surface area contributed by atoms with Crippen LogP contribution in [0.15, 0.2) is 46.9 Å². The summed E-state index contributed by atoms with van der Waals surface area (Å²) in [6, 6.07) is 10.2. The van der Waals surface area contributed by atoms with Crippen LogP contribution in [0.4, 0.5) is 5.13 Å². The number of thiazole rings is 1. The van der Waals surface area contributed by atoms with Crippen LogP contribution >= 0.6 is 11.3 Å². The Morgan fingerprint density at radius 3 is 2.62 bits per heavy atom. The summed E-state index contributed by atoms with van der Waals surface area (Å²) in [4.78, 5) is 13.4. The number of aliphatic hydroxyl groups is 1. The standard InChI is InChI=1S/C19H27N5OS/c1-15(25)13-17(16-5-3-2-4-6-16)14-22-18(20)23-8-10-24(11-9-23)19-21-7-12-26-19/h2-7,12,15,17,25H,8-11,13-14H2,1H3,(H2,20,22). The average Bonchev–Trinajstić information content (AvgIpc) is 3.20. The molecule has 1 fully saturated rings. The highest BCUT2D eigenvalue weighted by Gasteiger charge is 2.20. The van der Waals surface area contributed by atoms with Crippen molar-refractivity contribution in [2.45, 2.75) is 25.4 Å². The highest BCUT2D eigenvalue weighted by Crippen LogP contribution is 2.22. The van der Waals surface area contributed by atoms with Crippen molar-refractivity contribution in [2.24, 2.45) is 10.7 Å². The van der Waals surface area contributed by atoms with Gasteiger partial charge in [-0.3, -0.25) is 4.99 Å². The minimum atomic E-state index is -0.363. The maximum Gasteiger partial charge on any atom is 0.191 e. The maximum absolute atomic E-state index is 9.82. The molecule has 2 heterocycles. The molecule has 0 amide bonds. The minimum absolute atomic E-state index is 0.173. The van der Waals surface area contributed by atoms with Crippen LogP contribution in [0.3, 0.4) is 0 Å². The smallest absolute Gasteiger partial charge is 0.191 e. The molecule has 26 heavy (non-hydrogen) atoms.